The molecular weight excluding hydrogens is 235 g/mol. The summed E-state index contributed by atoms with van der Waals surface area (Å²) in [6, 6.07) is 6.24. The van der Waals surface area contributed by atoms with Crippen LogP contribution in [0.4, 0.5) is 4.39 Å². The number of carbonyl (C=O) groups is 1. The fraction of sp³-hybridized carbons (Fsp3) is 0.231. The highest BCUT2D eigenvalue weighted by Crippen LogP contribution is 2.14. The van der Waals surface area contributed by atoms with Crippen molar-refractivity contribution in [1.29, 1.82) is 5.26 Å². The van der Waals surface area contributed by atoms with Crippen molar-refractivity contribution in [2.75, 3.05) is 13.1 Å². The Bertz CT molecular complexity index is 494. The lowest BCUT2D eigenvalue weighted by Gasteiger charge is -2.18. The van der Waals surface area contributed by atoms with Gasteiger partial charge in [0.25, 0.3) is 0 Å². The summed E-state index contributed by atoms with van der Waals surface area (Å²) in [4.78, 5) is 12.2. The van der Waals surface area contributed by atoms with Crippen LogP contribution in [0.15, 0.2) is 30.9 Å². The van der Waals surface area contributed by atoms with E-state index in [2.05, 4.69) is 6.58 Å². The third kappa shape index (κ3) is 3.68. The zero-order chi connectivity index (χ0) is 13.5. The van der Waals surface area contributed by atoms with Gasteiger partial charge in [0, 0.05) is 18.7 Å². The Hall–Kier alpha value is -2.19. The number of carboxylic acids is 1. The minimum atomic E-state index is -0.992. The molecule has 1 aromatic rings. The maximum Gasteiger partial charge on any atom is 0.317 e. The maximum absolute atomic E-state index is 13.8. The summed E-state index contributed by atoms with van der Waals surface area (Å²) in [6.07, 6.45) is 1.55. The molecule has 0 heterocycles. The van der Waals surface area contributed by atoms with Gasteiger partial charge in [0.2, 0.25) is 0 Å². The van der Waals surface area contributed by atoms with Crippen molar-refractivity contribution in [3.63, 3.8) is 0 Å². The normalized spacial score (nSPS) is 10.1. The highest BCUT2D eigenvalue weighted by molar-refractivity contribution is 5.69. The summed E-state index contributed by atoms with van der Waals surface area (Å²) in [5.41, 5.74) is 0.263. The smallest absolute Gasteiger partial charge is 0.317 e. The van der Waals surface area contributed by atoms with Crippen LogP contribution in [0.1, 0.15) is 11.1 Å². The number of benzene rings is 1. The van der Waals surface area contributed by atoms with E-state index < -0.39 is 11.8 Å². The number of rotatable bonds is 6. The standard InChI is InChI=1S/C13H13FN2O2/c1-2-6-16(9-12(17)18)8-11-5-3-4-10(7-15)13(11)14/h2-5H,1,6,8-9H2,(H,17,18). The molecule has 0 radical (unpaired) electrons. The Balaban J connectivity index is 2.90. The second-order valence-electron chi connectivity index (χ2n) is 3.74. The van der Waals surface area contributed by atoms with Crippen LogP contribution in [0, 0.1) is 17.1 Å². The highest BCUT2D eigenvalue weighted by atomic mass is 19.1. The molecule has 0 aliphatic carbocycles. The SMILES string of the molecule is C=CCN(CC(=O)O)Cc1cccc(C#N)c1F. The monoisotopic (exact) mass is 248 g/mol. The lowest BCUT2D eigenvalue weighted by molar-refractivity contribution is -0.138. The van der Waals surface area contributed by atoms with Gasteiger partial charge in [0.1, 0.15) is 11.9 Å². The van der Waals surface area contributed by atoms with Crippen LogP contribution in [0.3, 0.4) is 0 Å². The number of carboxylic acid groups (broad SMARTS) is 1. The van der Waals surface area contributed by atoms with Gasteiger partial charge >= 0.3 is 5.97 Å². The third-order valence-corrected chi connectivity index (χ3v) is 2.34. The largest absolute Gasteiger partial charge is 0.480 e. The van der Waals surface area contributed by atoms with Gasteiger partial charge in [0.05, 0.1) is 12.1 Å². The Labute approximate surface area is 105 Å². The molecular formula is C13H13FN2O2. The van der Waals surface area contributed by atoms with E-state index in [1.165, 1.54) is 17.0 Å². The molecule has 0 fully saturated rings. The molecule has 0 unspecified atom stereocenters. The molecule has 18 heavy (non-hydrogen) atoms. The Morgan fingerprint density at radius 1 is 1.61 bits per heavy atom. The average molecular weight is 248 g/mol. The molecule has 0 saturated carbocycles. The van der Waals surface area contributed by atoms with Gasteiger partial charge in [-0.25, -0.2) is 4.39 Å². The quantitative estimate of drug-likeness (QED) is 0.779. The number of nitriles is 1. The molecule has 1 rings (SSSR count). The predicted molar refractivity (Wildman–Crippen MR) is 64.2 cm³/mol. The molecule has 0 saturated heterocycles. The first-order chi connectivity index (χ1) is 8.58. The van der Waals surface area contributed by atoms with Crippen LogP contribution < -0.4 is 0 Å². The minimum Gasteiger partial charge on any atom is -0.480 e. The fourth-order valence-electron chi connectivity index (χ4n) is 1.59. The van der Waals surface area contributed by atoms with E-state index >= 15 is 0 Å². The first kappa shape index (κ1) is 13.9. The van der Waals surface area contributed by atoms with Crippen LogP contribution in [0.25, 0.3) is 0 Å². The molecule has 0 aliphatic heterocycles. The molecule has 0 atom stereocenters. The van der Waals surface area contributed by atoms with Crippen molar-refractivity contribution in [1.82, 2.24) is 4.90 Å². The molecule has 5 heteroatoms. The molecule has 0 aromatic heterocycles. The average Bonchev–Trinajstić information content (AvgIpc) is 2.31. The van der Waals surface area contributed by atoms with E-state index in [-0.39, 0.29) is 18.7 Å². The number of aliphatic carboxylic acids is 1. The molecule has 0 aliphatic rings. The zero-order valence-corrected chi connectivity index (χ0v) is 9.77. The van der Waals surface area contributed by atoms with E-state index in [1.807, 2.05) is 0 Å². The lowest BCUT2D eigenvalue weighted by Crippen LogP contribution is -2.29. The van der Waals surface area contributed by atoms with Gasteiger partial charge in [-0.15, -0.1) is 6.58 Å². The predicted octanol–water partition coefficient (Wildman–Crippen LogP) is 1.77. The molecule has 94 valence electrons. The van der Waals surface area contributed by atoms with Crippen LogP contribution in [-0.4, -0.2) is 29.1 Å². The number of hydrogen-bond acceptors (Lipinski definition) is 3. The highest BCUT2D eigenvalue weighted by Gasteiger charge is 2.13. The molecule has 0 bridgehead atoms. The number of nitrogens with zero attached hydrogens (tertiary/aromatic N) is 2. The van der Waals surface area contributed by atoms with Gasteiger partial charge in [-0.1, -0.05) is 18.2 Å². The van der Waals surface area contributed by atoms with Crippen molar-refractivity contribution in [3.8, 4) is 6.07 Å². The summed E-state index contributed by atoms with van der Waals surface area (Å²) >= 11 is 0. The molecule has 4 nitrogen and oxygen atoms in total. The first-order valence-electron chi connectivity index (χ1n) is 5.31. The molecule has 0 spiro atoms. The molecule has 0 amide bonds. The van der Waals surface area contributed by atoms with Crippen molar-refractivity contribution in [2.45, 2.75) is 6.54 Å². The topological polar surface area (TPSA) is 64.3 Å². The Morgan fingerprint density at radius 2 is 2.33 bits per heavy atom. The van der Waals surface area contributed by atoms with E-state index in [4.69, 9.17) is 10.4 Å². The summed E-state index contributed by atoms with van der Waals surface area (Å²) in [5.74, 6) is -1.59. The van der Waals surface area contributed by atoms with Crippen LogP contribution in [0.5, 0.6) is 0 Å². The van der Waals surface area contributed by atoms with Gasteiger partial charge in [-0.05, 0) is 6.07 Å². The summed E-state index contributed by atoms with van der Waals surface area (Å²) in [5, 5.41) is 17.4. The van der Waals surface area contributed by atoms with E-state index in [1.54, 1.807) is 18.2 Å². The van der Waals surface area contributed by atoms with Crippen LogP contribution >= 0.6 is 0 Å². The van der Waals surface area contributed by atoms with Gasteiger partial charge in [-0.2, -0.15) is 5.26 Å². The van der Waals surface area contributed by atoms with Crippen molar-refractivity contribution >= 4 is 5.97 Å². The Morgan fingerprint density at radius 3 is 2.89 bits per heavy atom. The van der Waals surface area contributed by atoms with Crippen molar-refractivity contribution in [3.05, 3.63) is 47.8 Å². The first-order valence-corrected chi connectivity index (χ1v) is 5.31. The van der Waals surface area contributed by atoms with Crippen LogP contribution in [0.2, 0.25) is 0 Å². The second-order valence-corrected chi connectivity index (χ2v) is 3.74. The Kier molecular flexibility index (Phi) is 5.03. The van der Waals surface area contributed by atoms with Crippen LogP contribution in [-0.2, 0) is 11.3 Å². The summed E-state index contributed by atoms with van der Waals surface area (Å²) < 4.78 is 13.8. The van der Waals surface area contributed by atoms with E-state index in [0.29, 0.717) is 12.1 Å². The fourth-order valence-corrected chi connectivity index (χ4v) is 1.59. The number of halogens is 1. The van der Waals surface area contributed by atoms with Gasteiger partial charge < -0.3 is 5.11 Å². The summed E-state index contributed by atoms with van der Waals surface area (Å²) in [6.45, 7) is 3.78. The second kappa shape index (κ2) is 6.52. The van der Waals surface area contributed by atoms with E-state index in [9.17, 15) is 9.18 Å². The molecule has 1 aromatic carbocycles. The summed E-state index contributed by atoms with van der Waals surface area (Å²) in [7, 11) is 0. The third-order valence-electron chi connectivity index (χ3n) is 2.34. The van der Waals surface area contributed by atoms with Gasteiger partial charge in [-0.3, -0.25) is 9.69 Å². The zero-order valence-electron chi connectivity index (χ0n) is 9.77. The number of hydrogen-bond donors (Lipinski definition) is 1. The lowest BCUT2D eigenvalue weighted by atomic mass is 10.1. The van der Waals surface area contributed by atoms with Crippen molar-refractivity contribution in [2.24, 2.45) is 0 Å². The van der Waals surface area contributed by atoms with Gasteiger partial charge in [0.15, 0.2) is 0 Å². The van der Waals surface area contributed by atoms with Crippen molar-refractivity contribution < 1.29 is 14.3 Å². The maximum atomic E-state index is 13.8. The molecule has 1 N–H and O–H groups in total. The van der Waals surface area contributed by atoms with E-state index in [0.717, 1.165) is 0 Å². The minimum absolute atomic E-state index is 0.0404.